The Morgan fingerprint density at radius 1 is 0.806 bits per heavy atom. The number of anilines is 2. The van der Waals surface area contributed by atoms with E-state index in [2.05, 4.69) is 72.6 Å². The topological polar surface area (TPSA) is 88.7 Å². The Bertz CT molecular complexity index is 689. The Morgan fingerprint density at radius 2 is 1.26 bits per heavy atom. The summed E-state index contributed by atoms with van der Waals surface area (Å²) in [5.74, 6) is 0. The lowest BCUT2D eigenvalue weighted by atomic mass is 10.2. The second kappa shape index (κ2) is 13.9. The summed E-state index contributed by atoms with van der Waals surface area (Å²) in [6, 6.07) is 5.49. The van der Waals surface area contributed by atoms with Gasteiger partial charge < -0.3 is 21.3 Å². The van der Waals surface area contributed by atoms with Crippen molar-refractivity contribution < 1.29 is 9.59 Å². The Balaban J connectivity index is 2.60. The van der Waals surface area contributed by atoms with E-state index in [9.17, 15) is 9.59 Å². The molecule has 176 valence electrons. The molecule has 0 saturated carbocycles. The van der Waals surface area contributed by atoms with Gasteiger partial charge in [0.1, 0.15) is 0 Å². The van der Waals surface area contributed by atoms with Crippen LogP contribution >= 0.6 is 0 Å². The molecule has 8 heteroatoms. The van der Waals surface area contributed by atoms with Gasteiger partial charge in [0.05, 0.1) is 0 Å². The van der Waals surface area contributed by atoms with Crippen LogP contribution in [0.3, 0.4) is 0 Å². The van der Waals surface area contributed by atoms with E-state index in [1.165, 1.54) is 0 Å². The van der Waals surface area contributed by atoms with E-state index in [0.29, 0.717) is 24.5 Å². The number of hydrogen-bond donors (Lipinski definition) is 4. The zero-order valence-electron chi connectivity index (χ0n) is 20.3. The van der Waals surface area contributed by atoms with Gasteiger partial charge in [-0.05, 0) is 64.6 Å². The summed E-state index contributed by atoms with van der Waals surface area (Å²) >= 11 is 0. The smallest absolute Gasteiger partial charge is 0.319 e. The minimum atomic E-state index is -0.258. The molecule has 1 aromatic rings. The predicted octanol–water partition coefficient (Wildman–Crippen LogP) is 3.70. The SMILES string of the molecule is CCN(CC)C(C)CNC(=O)Nc1ccc(C)c(NC(=O)NCC(C)N(CC)CC)c1. The molecule has 0 fully saturated rings. The molecule has 8 nitrogen and oxygen atoms in total. The second-order valence-electron chi connectivity index (χ2n) is 7.84. The third-order valence-corrected chi connectivity index (χ3v) is 5.73. The summed E-state index contributed by atoms with van der Waals surface area (Å²) in [5, 5.41) is 11.6. The van der Waals surface area contributed by atoms with Crippen LogP contribution in [-0.2, 0) is 0 Å². The van der Waals surface area contributed by atoms with E-state index in [-0.39, 0.29) is 24.1 Å². The molecule has 0 aliphatic heterocycles. The molecular weight excluding hydrogens is 392 g/mol. The van der Waals surface area contributed by atoms with Crippen molar-refractivity contribution in [2.45, 2.75) is 60.5 Å². The summed E-state index contributed by atoms with van der Waals surface area (Å²) < 4.78 is 0. The number of carbonyl (C=O) groups is 2. The van der Waals surface area contributed by atoms with Gasteiger partial charge in [-0.2, -0.15) is 0 Å². The molecule has 0 bridgehead atoms. The third-order valence-electron chi connectivity index (χ3n) is 5.73. The molecule has 0 aliphatic carbocycles. The highest BCUT2D eigenvalue weighted by Crippen LogP contribution is 2.20. The average Bonchev–Trinajstić information content (AvgIpc) is 2.75. The van der Waals surface area contributed by atoms with Crippen LogP contribution in [0.25, 0.3) is 0 Å². The van der Waals surface area contributed by atoms with Gasteiger partial charge in [0.2, 0.25) is 0 Å². The van der Waals surface area contributed by atoms with Crippen LogP contribution in [0.15, 0.2) is 18.2 Å². The molecule has 31 heavy (non-hydrogen) atoms. The lowest BCUT2D eigenvalue weighted by molar-refractivity contribution is 0.219. The number of likely N-dealkylation sites (N-methyl/N-ethyl adjacent to an activating group) is 2. The maximum atomic E-state index is 12.4. The van der Waals surface area contributed by atoms with Crippen molar-refractivity contribution in [3.8, 4) is 0 Å². The predicted molar refractivity (Wildman–Crippen MR) is 130 cm³/mol. The quantitative estimate of drug-likeness (QED) is 0.404. The van der Waals surface area contributed by atoms with E-state index >= 15 is 0 Å². The fourth-order valence-electron chi connectivity index (χ4n) is 3.61. The van der Waals surface area contributed by atoms with E-state index < -0.39 is 0 Å². The number of aryl methyl sites for hydroxylation is 1. The summed E-state index contributed by atoms with van der Waals surface area (Å²) in [6.07, 6.45) is 0. The van der Waals surface area contributed by atoms with Crippen molar-refractivity contribution >= 4 is 23.4 Å². The summed E-state index contributed by atoms with van der Waals surface area (Å²) in [7, 11) is 0. The van der Waals surface area contributed by atoms with Crippen molar-refractivity contribution in [1.82, 2.24) is 20.4 Å². The maximum Gasteiger partial charge on any atom is 0.319 e. The molecule has 2 atom stereocenters. The molecule has 4 N–H and O–H groups in total. The summed E-state index contributed by atoms with van der Waals surface area (Å²) in [6.45, 7) is 19.5. The number of urea groups is 2. The van der Waals surface area contributed by atoms with Gasteiger partial charge >= 0.3 is 12.1 Å². The molecule has 0 saturated heterocycles. The highest BCUT2D eigenvalue weighted by atomic mass is 16.2. The van der Waals surface area contributed by atoms with Gasteiger partial charge in [-0.3, -0.25) is 9.80 Å². The zero-order chi connectivity index (χ0) is 23.4. The Morgan fingerprint density at radius 3 is 1.71 bits per heavy atom. The first-order chi connectivity index (χ1) is 14.7. The largest absolute Gasteiger partial charge is 0.336 e. The van der Waals surface area contributed by atoms with Crippen LogP contribution in [0.5, 0.6) is 0 Å². The highest BCUT2D eigenvalue weighted by molar-refractivity contribution is 5.93. The van der Waals surface area contributed by atoms with Crippen LogP contribution in [-0.4, -0.2) is 73.2 Å². The highest BCUT2D eigenvalue weighted by Gasteiger charge is 2.13. The van der Waals surface area contributed by atoms with Crippen LogP contribution in [0.4, 0.5) is 21.0 Å². The number of nitrogens with one attached hydrogen (secondary N) is 4. The molecule has 0 radical (unpaired) electrons. The number of benzene rings is 1. The molecule has 0 aromatic heterocycles. The van der Waals surface area contributed by atoms with E-state index in [4.69, 9.17) is 0 Å². The number of hydrogen-bond acceptors (Lipinski definition) is 4. The Hall–Kier alpha value is -2.32. The van der Waals surface area contributed by atoms with Crippen molar-refractivity contribution in [2.75, 3.05) is 49.9 Å². The molecule has 0 spiro atoms. The molecular formula is C23H42N6O2. The second-order valence-corrected chi connectivity index (χ2v) is 7.84. The number of rotatable bonds is 12. The maximum absolute atomic E-state index is 12.4. The van der Waals surface area contributed by atoms with Gasteiger partial charge in [0, 0.05) is 36.5 Å². The molecule has 1 rings (SSSR count). The Kier molecular flexibility index (Phi) is 12.0. The van der Waals surface area contributed by atoms with Crippen LogP contribution < -0.4 is 21.3 Å². The number of nitrogens with zero attached hydrogens (tertiary/aromatic N) is 2. The van der Waals surface area contributed by atoms with Gasteiger partial charge in [0.25, 0.3) is 0 Å². The average molecular weight is 435 g/mol. The lowest BCUT2D eigenvalue weighted by Gasteiger charge is -2.26. The minimum Gasteiger partial charge on any atom is -0.336 e. The van der Waals surface area contributed by atoms with Crippen LogP contribution in [0.2, 0.25) is 0 Å². The standard InChI is InChI=1S/C23H42N6O2/c1-8-28(9-2)18(6)15-24-22(30)26-20-13-12-17(5)21(14-20)27-23(31)25-16-19(7)29(10-3)11-4/h12-14,18-19H,8-11,15-16H2,1-7H3,(H2,24,26,30)(H2,25,27,31). The molecule has 0 heterocycles. The van der Waals surface area contributed by atoms with E-state index in [1.54, 1.807) is 6.07 Å². The third kappa shape index (κ3) is 9.14. The van der Waals surface area contributed by atoms with Gasteiger partial charge in [0.15, 0.2) is 0 Å². The first-order valence-electron chi connectivity index (χ1n) is 11.4. The molecule has 4 amide bonds. The minimum absolute atomic E-state index is 0.253. The first-order valence-corrected chi connectivity index (χ1v) is 11.4. The van der Waals surface area contributed by atoms with Crippen molar-refractivity contribution in [2.24, 2.45) is 0 Å². The molecule has 2 unspecified atom stereocenters. The summed E-state index contributed by atoms with van der Waals surface area (Å²) in [4.78, 5) is 29.2. The monoisotopic (exact) mass is 434 g/mol. The number of carbonyl (C=O) groups excluding carboxylic acids is 2. The Labute approximate surface area is 188 Å². The van der Waals surface area contributed by atoms with Crippen molar-refractivity contribution in [1.29, 1.82) is 0 Å². The summed E-state index contributed by atoms with van der Waals surface area (Å²) in [5.41, 5.74) is 2.22. The lowest BCUT2D eigenvalue weighted by Crippen LogP contribution is -2.43. The molecule has 1 aromatic carbocycles. The van der Waals surface area contributed by atoms with E-state index in [0.717, 1.165) is 31.7 Å². The fraction of sp³-hybridized carbons (Fsp3) is 0.652. The first kappa shape index (κ1) is 26.7. The zero-order valence-corrected chi connectivity index (χ0v) is 20.3. The fourth-order valence-corrected chi connectivity index (χ4v) is 3.61. The van der Waals surface area contributed by atoms with Crippen LogP contribution in [0.1, 0.15) is 47.1 Å². The normalized spacial score (nSPS) is 13.1. The number of amides is 4. The van der Waals surface area contributed by atoms with Gasteiger partial charge in [-0.1, -0.05) is 33.8 Å². The van der Waals surface area contributed by atoms with Crippen LogP contribution in [0, 0.1) is 6.92 Å². The van der Waals surface area contributed by atoms with Crippen molar-refractivity contribution in [3.63, 3.8) is 0 Å². The molecule has 0 aliphatic rings. The van der Waals surface area contributed by atoms with Gasteiger partial charge in [-0.25, -0.2) is 9.59 Å². The van der Waals surface area contributed by atoms with E-state index in [1.807, 2.05) is 19.1 Å². The van der Waals surface area contributed by atoms with Gasteiger partial charge in [-0.15, -0.1) is 0 Å². The van der Waals surface area contributed by atoms with Crippen molar-refractivity contribution in [3.05, 3.63) is 23.8 Å².